The molecule has 0 spiro atoms. The lowest BCUT2D eigenvalue weighted by molar-refractivity contribution is -0.135. The lowest BCUT2D eigenvalue weighted by Gasteiger charge is -2.38. The molecular weight excluding hydrogens is 364 g/mol. The zero-order chi connectivity index (χ0) is 20.2. The van der Waals surface area contributed by atoms with Crippen LogP contribution in [0.2, 0.25) is 0 Å². The molecule has 7 nitrogen and oxygen atoms in total. The predicted molar refractivity (Wildman–Crippen MR) is 112 cm³/mol. The minimum Gasteiger partial charge on any atom is -0.368 e. The number of hydrogen-bond donors (Lipinski definition) is 0. The molecule has 1 aliphatic heterocycles. The Bertz CT molecular complexity index is 949. The molecule has 0 radical (unpaired) electrons. The van der Waals surface area contributed by atoms with Gasteiger partial charge in [0.05, 0.1) is 0 Å². The molecule has 0 N–H and O–H groups in total. The van der Waals surface area contributed by atoms with Crippen LogP contribution in [0.1, 0.15) is 22.7 Å². The van der Waals surface area contributed by atoms with Crippen molar-refractivity contribution in [1.29, 1.82) is 0 Å². The number of aryl methyl sites for hydroxylation is 2. The van der Waals surface area contributed by atoms with E-state index in [1.54, 1.807) is 4.68 Å². The molecule has 1 aliphatic rings. The molecule has 1 saturated heterocycles. The van der Waals surface area contributed by atoms with Crippen molar-refractivity contribution in [2.75, 3.05) is 31.1 Å². The quantitative estimate of drug-likeness (QED) is 0.669. The summed E-state index contributed by atoms with van der Waals surface area (Å²) in [6.45, 7) is 7.29. The highest BCUT2D eigenvalue weighted by Crippen LogP contribution is 2.24. The lowest BCUT2D eigenvalue weighted by Crippen LogP contribution is -2.51. The second-order valence-corrected chi connectivity index (χ2v) is 7.60. The van der Waals surface area contributed by atoms with Crippen LogP contribution in [0.25, 0.3) is 0 Å². The second kappa shape index (κ2) is 8.43. The maximum absolute atomic E-state index is 13.3. The van der Waals surface area contributed by atoms with E-state index in [-0.39, 0.29) is 5.91 Å². The summed E-state index contributed by atoms with van der Waals surface area (Å²) < 4.78 is 1.58. The van der Waals surface area contributed by atoms with Crippen molar-refractivity contribution in [2.24, 2.45) is 0 Å². The Morgan fingerprint density at radius 3 is 2.45 bits per heavy atom. The Balaban J connectivity index is 1.46. The number of benzene rings is 2. The molecule has 4 rings (SSSR count). The molecule has 2 aromatic carbocycles. The van der Waals surface area contributed by atoms with Gasteiger partial charge in [-0.25, -0.2) is 4.68 Å². The normalized spacial score (nSPS) is 15.4. The molecule has 1 atom stereocenters. The fraction of sp³-hybridized carbons (Fsp3) is 0.364. The SMILES string of the molecule is Cc1ccc(N2CCN(C(=O)C(Cc3ccccc3)n3cnnn3)CC2)c(C)c1. The van der Waals surface area contributed by atoms with E-state index in [1.807, 2.05) is 35.2 Å². The standard InChI is InChI=1S/C22H26N6O/c1-17-8-9-20(18(2)14-17)26-10-12-27(13-11-26)22(29)21(28-16-23-24-25-28)15-19-6-4-3-5-7-19/h3-9,14,16,21H,10-13,15H2,1-2H3. The third kappa shape index (κ3) is 4.29. The highest BCUT2D eigenvalue weighted by Gasteiger charge is 2.30. The van der Waals surface area contributed by atoms with Gasteiger partial charge in [0.1, 0.15) is 12.4 Å². The number of nitrogens with zero attached hydrogens (tertiary/aromatic N) is 6. The van der Waals surface area contributed by atoms with Gasteiger partial charge in [-0.2, -0.15) is 0 Å². The van der Waals surface area contributed by atoms with E-state index in [0.717, 1.165) is 18.7 Å². The third-order valence-corrected chi connectivity index (χ3v) is 5.53. The highest BCUT2D eigenvalue weighted by atomic mass is 16.2. The third-order valence-electron chi connectivity index (χ3n) is 5.53. The van der Waals surface area contributed by atoms with Gasteiger partial charge in [0.2, 0.25) is 5.91 Å². The van der Waals surface area contributed by atoms with Crippen LogP contribution in [-0.2, 0) is 11.2 Å². The van der Waals surface area contributed by atoms with Gasteiger partial charge < -0.3 is 9.80 Å². The highest BCUT2D eigenvalue weighted by molar-refractivity contribution is 5.81. The number of piperazine rings is 1. The van der Waals surface area contributed by atoms with Crippen LogP contribution in [0, 0.1) is 13.8 Å². The number of tetrazole rings is 1. The van der Waals surface area contributed by atoms with Crippen molar-refractivity contribution in [3.63, 3.8) is 0 Å². The first-order chi connectivity index (χ1) is 14.1. The summed E-state index contributed by atoms with van der Waals surface area (Å²) in [4.78, 5) is 17.6. The molecule has 1 aromatic heterocycles. The summed E-state index contributed by atoms with van der Waals surface area (Å²) >= 11 is 0. The molecule has 1 fully saturated rings. The van der Waals surface area contributed by atoms with E-state index in [2.05, 4.69) is 52.5 Å². The number of hydrogen-bond acceptors (Lipinski definition) is 5. The first-order valence-corrected chi connectivity index (χ1v) is 9.99. The Kier molecular flexibility index (Phi) is 5.55. The fourth-order valence-corrected chi connectivity index (χ4v) is 3.98. The van der Waals surface area contributed by atoms with Crippen LogP contribution in [0.5, 0.6) is 0 Å². The van der Waals surface area contributed by atoms with E-state index in [9.17, 15) is 4.79 Å². The number of carbonyl (C=O) groups is 1. The van der Waals surface area contributed by atoms with Gasteiger partial charge in [-0.3, -0.25) is 4.79 Å². The van der Waals surface area contributed by atoms with Gasteiger partial charge >= 0.3 is 0 Å². The summed E-state index contributed by atoms with van der Waals surface area (Å²) in [6.07, 6.45) is 2.10. The molecular formula is C22H26N6O. The largest absolute Gasteiger partial charge is 0.368 e. The number of anilines is 1. The monoisotopic (exact) mass is 390 g/mol. The van der Waals surface area contributed by atoms with Crippen LogP contribution in [0.3, 0.4) is 0 Å². The Morgan fingerprint density at radius 1 is 1.03 bits per heavy atom. The Labute approximate surface area is 170 Å². The van der Waals surface area contributed by atoms with Crippen molar-refractivity contribution in [3.8, 4) is 0 Å². The minimum atomic E-state index is -0.430. The molecule has 0 bridgehead atoms. The van der Waals surface area contributed by atoms with Gasteiger partial charge in [0, 0.05) is 38.3 Å². The first kappa shape index (κ1) is 19.1. The van der Waals surface area contributed by atoms with Crippen molar-refractivity contribution in [1.82, 2.24) is 25.1 Å². The molecule has 1 unspecified atom stereocenters. The number of rotatable bonds is 5. The van der Waals surface area contributed by atoms with Gasteiger partial charge in [-0.15, -0.1) is 5.10 Å². The molecule has 7 heteroatoms. The summed E-state index contributed by atoms with van der Waals surface area (Å²) in [5.41, 5.74) is 4.89. The Morgan fingerprint density at radius 2 is 1.79 bits per heavy atom. The topological polar surface area (TPSA) is 67.2 Å². The van der Waals surface area contributed by atoms with Gasteiger partial charge in [0.25, 0.3) is 0 Å². The molecule has 2 heterocycles. The first-order valence-electron chi connectivity index (χ1n) is 9.99. The van der Waals surface area contributed by atoms with E-state index in [1.165, 1.54) is 23.1 Å². The van der Waals surface area contributed by atoms with Crippen LogP contribution in [0.15, 0.2) is 54.9 Å². The maximum atomic E-state index is 13.3. The average molecular weight is 390 g/mol. The molecule has 29 heavy (non-hydrogen) atoms. The number of carbonyl (C=O) groups excluding carboxylic acids is 1. The van der Waals surface area contributed by atoms with E-state index in [4.69, 9.17) is 0 Å². The zero-order valence-corrected chi connectivity index (χ0v) is 16.9. The fourth-order valence-electron chi connectivity index (χ4n) is 3.98. The second-order valence-electron chi connectivity index (χ2n) is 7.60. The molecule has 150 valence electrons. The van der Waals surface area contributed by atoms with E-state index >= 15 is 0 Å². The average Bonchev–Trinajstić information content (AvgIpc) is 3.27. The van der Waals surface area contributed by atoms with Crippen molar-refractivity contribution in [3.05, 3.63) is 71.5 Å². The Hall–Kier alpha value is -3.22. The maximum Gasteiger partial charge on any atom is 0.248 e. The van der Waals surface area contributed by atoms with Gasteiger partial charge in [-0.05, 0) is 41.5 Å². The molecule has 1 amide bonds. The number of amides is 1. The molecule has 0 saturated carbocycles. The molecule has 3 aromatic rings. The summed E-state index contributed by atoms with van der Waals surface area (Å²) in [7, 11) is 0. The van der Waals surface area contributed by atoms with Gasteiger partial charge in [0.15, 0.2) is 0 Å². The zero-order valence-electron chi connectivity index (χ0n) is 16.9. The molecule has 0 aliphatic carbocycles. The van der Waals surface area contributed by atoms with Gasteiger partial charge in [-0.1, -0.05) is 48.0 Å². The van der Waals surface area contributed by atoms with Crippen molar-refractivity contribution in [2.45, 2.75) is 26.3 Å². The van der Waals surface area contributed by atoms with Crippen LogP contribution in [-0.4, -0.2) is 57.2 Å². The summed E-state index contributed by atoms with van der Waals surface area (Å²) in [6, 6.07) is 16.1. The number of aromatic nitrogens is 4. The van der Waals surface area contributed by atoms with Crippen LogP contribution in [0.4, 0.5) is 5.69 Å². The minimum absolute atomic E-state index is 0.0708. The van der Waals surface area contributed by atoms with Crippen LogP contribution >= 0.6 is 0 Å². The summed E-state index contributed by atoms with van der Waals surface area (Å²) in [5.74, 6) is 0.0708. The summed E-state index contributed by atoms with van der Waals surface area (Å²) in [5, 5.41) is 11.5. The van der Waals surface area contributed by atoms with E-state index in [0.29, 0.717) is 19.5 Å². The predicted octanol–water partition coefficient (Wildman–Crippen LogP) is 2.42. The van der Waals surface area contributed by atoms with E-state index < -0.39 is 6.04 Å². The van der Waals surface area contributed by atoms with Crippen LogP contribution < -0.4 is 4.90 Å². The lowest BCUT2D eigenvalue weighted by atomic mass is 10.0. The smallest absolute Gasteiger partial charge is 0.248 e. The van der Waals surface area contributed by atoms with Crippen molar-refractivity contribution < 1.29 is 4.79 Å². The van der Waals surface area contributed by atoms with Crippen molar-refractivity contribution >= 4 is 11.6 Å².